The number of nitrogens with zero attached hydrogens (tertiary/aromatic N) is 1. The second kappa shape index (κ2) is 7.90. The predicted octanol–water partition coefficient (Wildman–Crippen LogP) is 1.98. The molecule has 5 heteroatoms. The van der Waals surface area contributed by atoms with Crippen molar-refractivity contribution in [1.29, 1.82) is 0 Å². The molecule has 1 atom stereocenters. The number of aliphatic hydroxyl groups is 1. The van der Waals surface area contributed by atoms with Gasteiger partial charge in [0.2, 0.25) is 0 Å². The third-order valence-corrected chi connectivity index (χ3v) is 4.63. The number of hydrogen-bond donors (Lipinski definition) is 1. The maximum absolute atomic E-state index is 12.5. The Hall–Kier alpha value is -1.43. The topological polar surface area (TPSA) is 59.0 Å². The Balaban J connectivity index is 1.46. The predicted molar refractivity (Wildman–Crippen MR) is 86.2 cm³/mol. The highest BCUT2D eigenvalue weighted by Gasteiger charge is 2.25. The van der Waals surface area contributed by atoms with Crippen molar-refractivity contribution in [3.63, 3.8) is 0 Å². The smallest absolute Gasteiger partial charge is 0.253 e. The molecule has 0 bridgehead atoms. The van der Waals surface area contributed by atoms with E-state index in [2.05, 4.69) is 0 Å². The van der Waals surface area contributed by atoms with Gasteiger partial charge in [0.25, 0.3) is 5.91 Å². The molecule has 2 aliphatic rings. The number of carbonyl (C=O) groups excluding carboxylic acids is 1. The second-order valence-electron chi connectivity index (χ2n) is 6.32. The summed E-state index contributed by atoms with van der Waals surface area (Å²) in [6.45, 7) is 2.93. The standard InChI is InChI=1S/C18H25NO4/c20-12-14-3-1-4-15(11-14)18(21)19-8-6-16(7-9-19)23-13-17-5-2-10-22-17/h1,3-4,11,16-17,20H,2,5-10,12-13H2. The number of aliphatic hydroxyl groups excluding tert-OH is 1. The molecule has 0 radical (unpaired) electrons. The Labute approximate surface area is 137 Å². The molecule has 1 amide bonds. The van der Waals surface area contributed by atoms with Crippen LogP contribution in [0.4, 0.5) is 0 Å². The van der Waals surface area contributed by atoms with Gasteiger partial charge in [-0.1, -0.05) is 12.1 Å². The van der Waals surface area contributed by atoms with Crippen molar-refractivity contribution in [1.82, 2.24) is 4.90 Å². The van der Waals surface area contributed by atoms with Gasteiger partial charge >= 0.3 is 0 Å². The number of ether oxygens (including phenoxy) is 2. The van der Waals surface area contributed by atoms with Gasteiger partial charge in [-0.15, -0.1) is 0 Å². The minimum absolute atomic E-state index is 0.0397. The van der Waals surface area contributed by atoms with Crippen molar-refractivity contribution in [2.24, 2.45) is 0 Å². The fraction of sp³-hybridized carbons (Fsp3) is 0.611. The molecule has 0 aliphatic carbocycles. The first kappa shape index (κ1) is 16.4. The Bertz CT molecular complexity index is 520. The van der Waals surface area contributed by atoms with E-state index in [1.54, 1.807) is 6.07 Å². The number of rotatable bonds is 5. The lowest BCUT2D eigenvalue weighted by atomic mass is 10.1. The summed E-state index contributed by atoms with van der Waals surface area (Å²) < 4.78 is 11.5. The minimum Gasteiger partial charge on any atom is -0.392 e. The van der Waals surface area contributed by atoms with E-state index in [-0.39, 0.29) is 24.7 Å². The highest BCUT2D eigenvalue weighted by atomic mass is 16.5. The molecule has 2 fully saturated rings. The summed E-state index contributed by atoms with van der Waals surface area (Å²) in [6.07, 6.45) is 4.46. The van der Waals surface area contributed by atoms with Crippen molar-refractivity contribution in [3.05, 3.63) is 35.4 Å². The maximum Gasteiger partial charge on any atom is 0.253 e. The molecule has 2 saturated heterocycles. The van der Waals surface area contributed by atoms with E-state index in [9.17, 15) is 9.90 Å². The first-order valence-corrected chi connectivity index (χ1v) is 8.48. The molecule has 0 saturated carbocycles. The normalized spacial score (nSPS) is 22.5. The lowest BCUT2D eigenvalue weighted by Gasteiger charge is -2.32. The van der Waals surface area contributed by atoms with Crippen molar-refractivity contribution in [2.75, 3.05) is 26.3 Å². The van der Waals surface area contributed by atoms with Gasteiger partial charge < -0.3 is 19.5 Å². The third kappa shape index (κ3) is 4.31. The van der Waals surface area contributed by atoms with Gasteiger partial charge in [-0.05, 0) is 43.4 Å². The lowest BCUT2D eigenvalue weighted by Crippen LogP contribution is -2.41. The third-order valence-electron chi connectivity index (χ3n) is 4.63. The summed E-state index contributed by atoms with van der Waals surface area (Å²) in [5.41, 5.74) is 1.42. The van der Waals surface area contributed by atoms with Crippen LogP contribution in [0.5, 0.6) is 0 Å². The highest BCUT2D eigenvalue weighted by molar-refractivity contribution is 5.94. The first-order valence-electron chi connectivity index (χ1n) is 8.48. The molecule has 1 N–H and O–H groups in total. The second-order valence-corrected chi connectivity index (χ2v) is 6.32. The van der Waals surface area contributed by atoms with E-state index >= 15 is 0 Å². The van der Waals surface area contributed by atoms with Crippen LogP contribution in [-0.2, 0) is 16.1 Å². The Morgan fingerprint density at radius 1 is 1.30 bits per heavy atom. The Morgan fingerprint density at radius 2 is 2.13 bits per heavy atom. The number of piperidine rings is 1. The lowest BCUT2D eigenvalue weighted by molar-refractivity contribution is -0.0395. The van der Waals surface area contributed by atoms with E-state index < -0.39 is 0 Å². The van der Waals surface area contributed by atoms with Crippen LogP contribution in [0.1, 0.15) is 41.6 Å². The van der Waals surface area contributed by atoms with Gasteiger partial charge in [-0.25, -0.2) is 0 Å². The van der Waals surface area contributed by atoms with Crippen LogP contribution < -0.4 is 0 Å². The molecule has 126 valence electrons. The van der Waals surface area contributed by atoms with Crippen molar-refractivity contribution < 1.29 is 19.4 Å². The number of benzene rings is 1. The molecule has 1 aromatic carbocycles. The van der Waals surface area contributed by atoms with Crippen LogP contribution in [-0.4, -0.2) is 54.4 Å². The average molecular weight is 319 g/mol. The summed E-state index contributed by atoms with van der Waals surface area (Å²) in [4.78, 5) is 14.4. The monoisotopic (exact) mass is 319 g/mol. The fourth-order valence-electron chi connectivity index (χ4n) is 3.23. The van der Waals surface area contributed by atoms with Crippen LogP contribution in [0.15, 0.2) is 24.3 Å². The molecule has 3 rings (SSSR count). The fourth-order valence-corrected chi connectivity index (χ4v) is 3.23. The molecular formula is C18H25NO4. The van der Waals surface area contributed by atoms with Crippen LogP contribution in [0.25, 0.3) is 0 Å². The minimum atomic E-state index is -0.0414. The first-order chi connectivity index (χ1) is 11.3. The van der Waals surface area contributed by atoms with Crippen LogP contribution in [0.2, 0.25) is 0 Å². The van der Waals surface area contributed by atoms with Gasteiger partial charge in [-0.2, -0.15) is 0 Å². The van der Waals surface area contributed by atoms with E-state index in [1.165, 1.54) is 0 Å². The van der Waals surface area contributed by atoms with E-state index in [0.717, 1.165) is 50.9 Å². The largest absolute Gasteiger partial charge is 0.392 e. The molecule has 0 spiro atoms. The molecule has 1 unspecified atom stereocenters. The van der Waals surface area contributed by atoms with Gasteiger partial charge in [0, 0.05) is 25.3 Å². The number of hydrogen-bond acceptors (Lipinski definition) is 4. The molecule has 0 aromatic heterocycles. The van der Waals surface area contributed by atoms with Gasteiger partial charge in [-0.3, -0.25) is 4.79 Å². The highest BCUT2D eigenvalue weighted by Crippen LogP contribution is 2.19. The van der Waals surface area contributed by atoms with Gasteiger partial charge in [0.1, 0.15) is 0 Å². The zero-order chi connectivity index (χ0) is 16.1. The van der Waals surface area contributed by atoms with Gasteiger partial charge in [0.15, 0.2) is 0 Å². The molecule has 2 heterocycles. The zero-order valence-electron chi connectivity index (χ0n) is 13.4. The maximum atomic E-state index is 12.5. The summed E-state index contributed by atoms with van der Waals surface area (Å²) in [6, 6.07) is 7.21. The van der Waals surface area contributed by atoms with Crippen molar-refractivity contribution in [3.8, 4) is 0 Å². The summed E-state index contributed by atoms with van der Waals surface area (Å²) in [5.74, 6) is 0.0397. The average Bonchev–Trinajstić information content (AvgIpc) is 3.13. The van der Waals surface area contributed by atoms with E-state index in [1.807, 2.05) is 23.1 Å². The number of likely N-dealkylation sites (tertiary alicyclic amines) is 1. The Morgan fingerprint density at radius 3 is 2.83 bits per heavy atom. The van der Waals surface area contributed by atoms with Crippen molar-refractivity contribution in [2.45, 2.75) is 44.5 Å². The molecule has 23 heavy (non-hydrogen) atoms. The quantitative estimate of drug-likeness (QED) is 0.901. The molecule has 1 aromatic rings. The zero-order valence-corrected chi connectivity index (χ0v) is 13.4. The molecule has 2 aliphatic heterocycles. The number of amides is 1. The van der Waals surface area contributed by atoms with Crippen LogP contribution >= 0.6 is 0 Å². The Kier molecular flexibility index (Phi) is 5.65. The van der Waals surface area contributed by atoms with E-state index in [0.29, 0.717) is 12.2 Å². The number of carbonyl (C=O) groups is 1. The molecule has 5 nitrogen and oxygen atoms in total. The molecular weight excluding hydrogens is 294 g/mol. The summed E-state index contributed by atoms with van der Waals surface area (Å²) in [5, 5.41) is 9.19. The van der Waals surface area contributed by atoms with Gasteiger partial charge in [0.05, 0.1) is 25.4 Å². The van der Waals surface area contributed by atoms with E-state index in [4.69, 9.17) is 9.47 Å². The SMILES string of the molecule is O=C(c1cccc(CO)c1)N1CCC(OCC2CCCO2)CC1. The van der Waals surface area contributed by atoms with Crippen LogP contribution in [0.3, 0.4) is 0 Å². The summed E-state index contributed by atoms with van der Waals surface area (Å²) >= 11 is 0. The summed E-state index contributed by atoms with van der Waals surface area (Å²) in [7, 11) is 0. The van der Waals surface area contributed by atoms with Crippen LogP contribution in [0, 0.1) is 0 Å². The van der Waals surface area contributed by atoms with Crippen molar-refractivity contribution >= 4 is 5.91 Å².